The summed E-state index contributed by atoms with van der Waals surface area (Å²) in [6, 6.07) is 35.5. The lowest BCUT2D eigenvalue weighted by Gasteiger charge is -2.27. The topological polar surface area (TPSA) is 58.6 Å². The van der Waals surface area contributed by atoms with Crippen molar-refractivity contribution in [3.63, 3.8) is 0 Å². The molecule has 0 radical (unpaired) electrons. The van der Waals surface area contributed by atoms with Crippen molar-refractivity contribution < 1.29 is 9.52 Å². The molecule has 0 aliphatic rings. The van der Waals surface area contributed by atoms with Crippen LogP contribution in [0.15, 0.2) is 113 Å². The maximum absolute atomic E-state index is 11.3. The number of phenolic OH excluding ortho intramolecular Hbond substituents is 1. The molecule has 0 fully saturated rings. The van der Waals surface area contributed by atoms with Crippen LogP contribution in [0.1, 0.15) is 83.6 Å². The molecule has 0 aliphatic heterocycles. The van der Waals surface area contributed by atoms with E-state index in [4.69, 9.17) is 14.4 Å². The molecule has 6 rings (SSSR count). The zero-order chi connectivity index (χ0) is 33.5. The summed E-state index contributed by atoms with van der Waals surface area (Å²) in [6.07, 6.45) is 1.76. The molecule has 1 N–H and O–H groups in total. The average molecular weight is 621 g/mol. The van der Waals surface area contributed by atoms with Gasteiger partial charge in [-0.15, -0.1) is 0 Å². The monoisotopic (exact) mass is 620 g/mol. The van der Waals surface area contributed by atoms with Crippen LogP contribution < -0.4 is 0 Å². The van der Waals surface area contributed by atoms with E-state index in [1.54, 1.807) is 6.21 Å². The summed E-state index contributed by atoms with van der Waals surface area (Å²) in [6.45, 7) is 17.3. The molecule has 1 aromatic heterocycles. The van der Waals surface area contributed by atoms with Gasteiger partial charge >= 0.3 is 0 Å². The van der Waals surface area contributed by atoms with Crippen LogP contribution in [0.2, 0.25) is 0 Å². The summed E-state index contributed by atoms with van der Waals surface area (Å²) >= 11 is 0. The largest absolute Gasteiger partial charge is 0.507 e. The van der Waals surface area contributed by atoms with Crippen molar-refractivity contribution in [1.82, 2.24) is 4.98 Å². The lowest BCUT2D eigenvalue weighted by Crippen LogP contribution is -2.17. The van der Waals surface area contributed by atoms with Crippen molar-refractivity contribution in [2.75, 3.05) is 0 Å². The third-order valence-corrected chi connectivity index (χ3v) is 8.79. The van der Waals surface area contributed by atoms with Crippen LogP contribution in [0.25, 0.3) is 44.8 Å². The number of hydrogen-bond donors (Lipinski definition) is 1. The van der Waals surface area contributed by atoms with Crippen LogP contribution in [-0.4, -0.2) is 16.3 Å². The van der Waals surface area contributed by atoms with E-state index in [1.807, 2.05) is 42.5 Å². The summed E-state index contributed by atoms with van der Waals surface area (Å²) in [5.41, 5.74) is 11.3. The minimum absolute atomic E-state index is 0.0801. The molecular formula is C43H44N2O2. The van der Waals surface area contributed by atoms with E-state index in [-0.39, 0.29) is 16.6 Å². The molecule has 0 spiro atoms. The van der Waals surface area contributed by atoms with Crippen LogP contribution in [0.4, 0.5) is 5.69 Å². The zero-order valence-electron chi connectivity index (χ0n) is 28.7. The average Bonchev–Trinajstić information content (AvgIpc) is 3.48. The summed E-state index contributed by atoms with van der Waals surface area (Å²) in [4.78, 5) is 9.89. The molecule has 0 unspecified atom stereocenters. The maximum Gasteiger partial charge on any atom is 0.229 e. The molecule has 0 amide bonds. The fourth-order valence-electron chi connectivity index (χ4n) is 5.88. The van der Waals surface area contributed by atoms with E-state index < -0.39 is 0 Å². The Kier molecular flexibility index (Phi) is 8.40. The van der Waals surface area contributed by atoms with E-state index >= 15 is 0 Å². The van der Waals surface area contributed by atoms with Crippen LogP contribution >= 0.6 is 0 Å². The number of oxazole rings is 1. The SMILES string of the molecule is CC(C)c1cccc(-c2ccc(-c3cccc4oc(-c5ccccc5N=Cc5cc(C(C)(C)C)cc(C(C)(C)C)c5O)nc34)cc2)c1. The van der Waals surface area contributed by atoms with Crippen molar-refractivity contribution in [3.8, 4) is 39.5 Å². The van der Waals surface area contributed by atoms with E-state index in [0.29, 0.717) is 23.1 Å². The van der Waals surface area contributed by atoms with Gasteiger partial charge in [-0.05, 0) is 68.8 Å². The second-order valence-electron chi connectivity index (χ2n) is 14.8. The first kappa shape index (κ1) is 32.0. The molecule has 4 heteroatoms. The van der Waals surface area contributed by atoms with E-state index in [2.05, 4.69) is 116 Å². The Hall–Kier alpha value is -4.96. The fourth-order valence-corrected chi connectivity index (χ4v) is 5.88. The maximum atomic E-state index is 11.3. The first-order valence-corrected chi connectivity index (χ1v) is 16.4. The van der Waals surface area contributed by atoms with Crippen LogP contribution in [-0.2, 0) is 10.8 Å². The standard InChI is InChI=1S/C43H44N2O2/c1-27(2)30-13-11-14-31(23-30)28-19-21-29(22-20-28)34-16-12-18-38-39(34)45-41(47-38)35-15-9-10-17-37(35)44-26-32-24-33(42(3,4)5)25-36(40(32)46)43(6,7)8/h9-27,46H,1-8H3. The number of aromatic hydroxyl groups is 1. The highest BCUT2D eigenvalue weighted by atomic mass is 16.3. The predicted octanol–water partition coefficient (Wildman–Crippen LogP) is 12.0. The number of para-hydroxylation sites is 2. The summed E-state index contributed by atoms with van der Waals surface area (Å²) < 4.78 is 6.35. The van der Waals surface area contributed by atoms with Gasteiger partial charge in [0.2, 0.25) is 5.89 Å². The Morgan fingerprint density at radius 2 is 1.38 bits per heavy atom. The molecule has 0 saturated carbocycles. The Balaban J connectivity index is 1.36. The van der Waals surface area contributed by atoms with Gasteiger partial charge in [-0.2, -0.15) is 0 Å². The number of hydrogen-bond acceptors (Lipinski definition) is 4. The van der Waals surface area contributed by atoms with Crippen LogP contribution in [0.3, 0.4) is 0 Å². The molecule has 0 aliphatic carbocycles. The van der Waals surface area contributed by atoms with Crippen LogP contribution in [0, 0.1) is 0 Å². The molecular weight excluding hydrogens is 576 g/mol. The highest BCUT2D eigenvalue weighted by Gasteiger charge is 2.25. The number of aromatic nitrogens is 1. The van der Waals surface area contributed by atoms with Crippen molar-refractivity contribution in [1.29, 1.82) is 0 Å². The molecule has 1 heterocycles. The zero-order valence-corrected chi connectivity index (χ0v) is 28.7. The quantitative estimate of drug-likeness (QED) is 0.188. The molecule has 4 nitrogen and oxygen atoms in total. The third-order valence-electron chi connectivity index (χ3n) is 8.79. The number of benzene rings is 5. The highest BCUT2D eigenvalue weighted by Crippen LogP contribution is 2.39. The second kappa shape index (κ2) is 12.3. The number of nitrogens with zero attached hydrogens (tertiary/aromatic N) is 2. The fraction of sp³-hybridized carbons (Fsp3) is 0.256. The van der Waals surface area contributed by atoms with Crippen molar-refractivity contribution in [3.05, 3.63) is 125 Å². The van der Waals surface area contributed by atoms with Gasteiger partial charge in [0.1, 0.15) is 11.3 Å². The normalized spacial score (nSPS) is 12.4. The Morgan fingerprint density at radius 3 is 2.09 bits per heavy atom. The van der Waals surface area contributed by atoms with Gasteiger partial charge < -0.3 is 9.52 Å². The number of fused-ring (bicyclic) bond motifs is 1. The summed E-state index contributed by atoms with van der Waals surface area (Å²) in [5, 5.41) is 11.3. The van der Waals surface area contributed by atoms with Gasteiger partial charge in [-0.25, -0.2) is 4.98 Å². The summed E-state index contributed by atoms with van der Waals surface area (Å²) in [5.74, 6) is 1.25. The van der Waals surface area contributed by atoms with Gasteiger partial charge in [-0.3, -0.25) is 4.99 Å². The molecule has 0 atom stereocenters. The first-order valence-electron chi connectivity index (χ1n) is 16.4. The third kappa shape index (κ3) is 6.64. The van der Waals surface area contributed by atoms with Crippen molar-refractivity contribution >= 4 is 23.0 Å². The first-order chi connectivity index (χ1) is 22.3. The molecule has 47 heavy (non-hydrogen) atoms. The minimum Gasteiger partial charge on any atom is -0.507 e. The van der Waals surface area contributed by atoms with Gasteiger partial charge in [0.15, 0.2) is 5.58 Å². The Bertz CT molecular complexity index is 2080. The molecule has 238 valence electrons. The highest BCUT2D eigenvalue weighted by molar-refractivity contribution is 5.94. The van der Waals surface area contributed by atoms with Crippen molar-refractivity contribution in [2.24, 2.45) is 4.99 Å². The van der Waals surface area contributed by atoms with Gasteiger partial charge in [0.25, 0.3) is 0 Å². The molecule has 0 saturated heterocycles. The van der Waals surface area contributed by atoms with E-state index in [0.717, 1.165) is 38.9 Å². The number of rotatable bonds is 6. The number of phenols is 1. The van der Waals surface area contributed by atoms with Gasteiger partial charge in [0, 0.05) is 22.9 Å². The van der Waals surface area contributed by atoms with Gasteiger partial charge in [0.05, 0.1) is 11.3 Å². The molecule has 6 aromatic rings. The Labute approximate surface area is 278 Å². The molecule has 0 bridgehead atoms. The Morgan fingerprint density at radius 1 is 0.702 bits per heavy atom. The summed E-state index contributed by atoms with van der Waals surface area (Å²) in [7, 11) is 0. The minimum atomic E-state index is -0.221. The van der Waals surface area contributed by atoms with Crippen LogP contribution in [0.5, 0.6) is 5.75 Å². The lowest BCUT2D eigenvalue weighted by molar-refractivity contribution is 0.444. The van der Waals surface area contributed by atoms with Gasteiger partial charge in [-0.1, -0.05) is 134 Å². The number of aliphatic imine (C=N–C) groups is 1. The lowest BCUT2D eigenvalue weighted by atomic mass is 9.79. The smallest absolute Gasteiger partial charge is 0.229 e. The van der Waals surface area contributed by atoms with E-state index in [1.165, 1.54) is 16.7 Å². The predicted molar refractivity (Wildman–Crippen MR) is 197 cm³/mol. The van der Waals surface area contributed by atoms with E-state index in [9.17, 15) is 5.11 Å². The molecule has 5 aromatic carbocycles. The second-order valence-corrected chi connectivity index (χ2v) is 14.8. The van der Waals surface area contributed by atoms with Crippen molar-refractivity contribution in [2.45, 2.75) is 72.1 Å².